The minimum atomic E-state index is -1.78. The van der Waals surface area contributed by atoms with Gasteiger partial charge in [0.05, 0.1) is 24.4 Å². The average Bonchev–Trinajstić information content (AvgIpc) is 3.10. The molecule has 11 heteroatoms. The van der Waals surface area contributed by atoms with Crippen LogP contribution in [0.4, 0.5) is 0 Å². The number of aliphatic hydroxyl groups is 5. The van der Waals surface area contributed by atoms with Crippen LogP contribution >= 0.6 is 0 Å². The van der Waals surface area contributed by atoms with E-state index in [1.54, 1.807) is 12.1 Å². The maximum atomic E-state index is 13.3. The fourth-order valence-electron chi connectivity index (χ4n) is 13.2. The molecule has 1 saturated heterocycles. The molecular weight excluding hydrogens is 692 g/mol. The molecule has 1 heterocycles. The number of aliphatic carboxylic acids is 1. The highest BCUT2D eigenvalue weighted by Gasteiger charge is 2.71. The normalized spacial score (nSPS) is 47.9. The SMILES string of the molecule is CC1(C)C[C@H]2C3=CC[C@@H]4[C@@]5(C)CC[C@H](O[C@H]6O[C@H](C(=O)O)[C@H](O)[C@@H](O)[C@H]6O)C(C)(C)[C@@H]5CC[C@@]4(C)[C@]3(C)C[C@H](O)[C@@]2(CO)C[C@H]1OC(=O)c1ccccc1. The van der Waals surface area contributed by atoms with E-state index in [-0.39, 0.29) is 46.6 Å². The molecule has 6 N–H and O–H groups in total. The Hall–Kier alpha value is -2.38. The molecule has 5 fully saturated rings. The van der Waals surface area contributed by atoms with Crippen molar-refractivity contribution in [1.82, 2.24) is 0 Å². The van der Waals surface area contributed by atoms with Gasteiger partial charge in [0.1, 0.15) is 24.4 Å². The van der Waals surface area contributed by atoms with E-state index in [9.17, 15) is 40.2 Å². The number of ether oxygens (including phenoxy) is 3. The van der Waals surface area contributed by atoms with Gasteiger partial charge in [-0.1, -0.05) is 78.3 Å². The van der Waals surface area contributed by atoms with Crippen LogP contribution in [-0.4, -0.2) is 98.2 Å². The number of aliphatic hydroxyl groups excluding tert-OH is 5. The van der Waals surface area contributed by atoms with E-state index >= 15 is 0 Å². The third kappa shape index (κ3) is 5.69. The fourth-order valence-corrected chi connectivity index (χ4v) is 13.2. The van der Waals surface area contributed by atoms with E-state index in [0.717, 1.165) is 25.7 Å². The highest BCUT2D eigenvalue weighted by Crippen LogP contribution is 2.76. The summed E-state index contributed by atoms with van der Waals surface area (Å²) in [5.74, 6) is -1.40. The van der Waals surface area contributed by atoms with Crippen molar-refractivity contribution in [2.24, 2.45) is 50.2 Å². The average molecular weight is 755 g/mol. The molecule has 1 aromatic carbocycles. The monoisotopic (exact) mass is 754 g/mol. The van der Waals surface area contributed by atoms with Crippen molar-refractivity contribution < 1.29 is 54.4 Å². The zero-order chi connectivity index (χ0) is 39.4. The highest BCUT2D eigenvalue weighted by molar-refractivity contribution is 5.89. The summed E-state index contributed by atoms with van der Waals surface area (Å²) >= 11 is 0. The largest absolute Gasteiger partial charge is 0.479 e. The number of allylic oxidation sites excluding steroid dienone is 2. The molecule has 1 aromatic rings. The van der Waals surface area contributed by atoms with Crippen LogP contribution in [0, 0.1) is 50.2 Å². The number of carboxylic acids is 1. The Balaban J connectivity index is 1.16. The lowest BCUT2D eigenvalue weighted by Gasteiger charge is -2.72. The molecule has 0 radical (unpaired) electrons. The van der Waals surface area contributed by atoms with Gasteiger partial charge >= 0.3 is 11.9 Å². The minimum Gasteiger partial charge on any atom is -0.479 e. The van der Waals surface area contributed by atoms with E-state index in [1.807, 2.05) is 18.2 Å². The number of carboxylic acid groups (broad SMARTS) is 1. The van der Waals surface area contributed by atoms with Crippen LogP contribution < -0.4 is 0 Å². The van der Waals surface area contributed by atoms with Crippen LogP contribution in [0.25, 0.3) is 0 Å². The van der Waals surface area contributed by atoms with Crippen LogP contribution in [0.2, 0.25) is 0 Å². The highest BCUT2D eigenvalue weighted by atomic mass is 16.7. The maximum absolute atomic E-state index is 13.3. The Labute approximate surface area is 319 Å². The molecule has 11 nitrogen and oxygen atoms in total. The van der Waals surface area contributed by atoms with Crippen molar-refractivity contribution in [3.05, 3.63) is 47.5 Å². The molecule has 0 unspecified atom stereocenters. The first-order chi connectivity index (χ1) is 25.2. The second kappa shape index (κ2) is 13.4. The van der Waals surface area contributed by atoms with E-state index in [1.165, 1.54) is 5.57 Å². The lowest BCUT2D eigenvalue weighted by atomic mass is 9.33. The number of carbonyl (C=O) groups excluding carboxylic acids is 1. The summed E-state index contributed by atoms with van der Waals surface area (Å²) in [6.07, 6.45) is -1.72. The first-order valence-corrected chi connectivity index (χ1v) is 20.0. The Morgan fingerprint density at radius 3 is 2.17 bits per heavy atom. The van der Waals surface area contributed by atoms with Crippen molar-refractivity contribution in [2.75, 3.05) is 6.61 Å². The molecule has 0 spiro atoms. The van der Waals surface area contributed by atoms with Crippen LogP contribution in [0.5, 0.6) is 0 Å². The summed E-state index contributed by atoms with van der Waals surface area (Å²) in [4.78, 5) is 25.1. The van der Waals surface area contributed by atoms with E-state index in [2.05, 4.69) is 54.5 Å². The first kappa shape index (κ1) is 39.8. The topological polar surface area (TPSA) is 183 Å². The Morgan fingerprint density at radius 1 is 0.833 bits per heavy atom. The van der Waals surface area contributed by atoms with Gasteiger partial charge in [-0.3, -0.25) is 0 Å². The van der Waals surface area contributed by atoms with Gasteiger partial charge in [0.2, 0.25) is 0 Å². The molecule has 0 amide bonds. The molecule has 1 aliphatic heterocycles. The van der Waals surface area contributed by atoms with Gasteiger partial charge in [0.25, 0.3) is 0 Å². The number of hydrogen-bond acceptors (Lipinski definition) is 10. The number of esters is 1. The fraction of sp³-hybridized carbons (Fsp3) is 0.767. The van der Waals surface area contributed by atoms with Crippen molar-refractivity contribution in [1.29, 1.82) is 0 Å². The molecule has 0 bridgehead atoms. The van der Waals surface area contributed by atoms with Crippen molar-refractivity contribution in [2.45, 2.75) is 149 Å². The van der Waals surface area contributed by atoms with Gasteiger partial charge in [0.15, 0.2) is 12.4 Å². The van der Waals surface area contributed by atoms with Gasteiger partial charge in [-0.25, -0.2) is 9.59 Å². The van der Waals surface area contributed by atoms with Gasteiger partial charge in [-0.2, -0.15) is 0 Å². The molecule has 4 saturated carbocycles. The molecule has 7 rings (SSSR count). The Bertz CT molecular complexity index is 1640. The number of rotatable bonds is 6. The van der Waals surface area contributed by atoms with Crippen LogP contribution in [0.1, 0.15) is 110 Å². The summed E-state index contributed by atoms with van der Waals surface area (Å²) < 4.78 is 18.1. The van der Waals surface area contributed by atoms with Gasteiger partial charge in [0, 0.05) is 10.8 Å². The Morgan fingerprint density at radius 2 is 1.52 bits per heavy atom. The summed E-state index contributed by atoms with van der Waals surface area (Å²) in [5.41, 5.74) is -0.423. The first-order valence-electron chi connectivity index (χ1n) is 20.0. The zero-order valence-electron chi connectivity index (χ0n) is 32.9. The van der Waals surface area contributed by atoms with Crippen molar-refractivity contribution in [3.63, 3.8) is 0 Å². The summed E-state index contributed by atoms with van der Waals surface area (Å²) in [7, 11) is 0. The minimum absolute atomic E-state index is 0.0766. The summed E-state index contributed by atoms with van der Waals surface area (Å²) in [5, 5.41) is 64.6. The predicted octanol–water partition coefficient (Wildman–Crippen LogP) is 4.86. The lowest BCUT2D eigenvalue weighted by molar-refractivity contribution is -0.324. The molecule has 0 aromatic heterocycles. The van der Waals surface area contributed by atoms with Gasteiger partial charge in [-0.15, -0.1) is 0 Å². The predicted molar refractivity (Wildman–Crippen MR) is 198 cm³/mol. The third-order valence-corrected chi connectivity index (χ3v) is 16.6. The van der Waals surface area contributed by atoms with Crippen LogP contribution in [0.15, 0.2) is 42.0 Å². The zero-order valence-corrected chi connectivity index (χ0v) is 32.9. The van der Waals surface area contributed by atoms with Crippen molar-refractivity contribution in [3.8, 4) is 0 Å². The summed E-state index contributed by atoms with van der Waals surface area (Å²) in [6.45, 7) is 15.6. The second-order valence-electron chi connectivity index (χ2n) is 19.8. The van der Waals surface area contributed by atoms with Crippen LogP contribution in [-0.2, 0) is 19.0 Å². The second-order valence-corrected chi connectivity index (χ2v) is 19.8. The van der Waals surface area contributed by atoms with Crippen molar-refractivity contribution >= 4 is 11.9 Å². The molecular formula is C43H62O11. The number of fused-ring (bicyclic) bond motifs is 7. The quantitative estimate of drug-likeness (QED) is 0.133. The molecule has 54 heavy (non-hydrogen) atoms. The van der Waals surface area contributed by atoms with Crippen LogP contribution in [0.3, 0.4) is 0 Å². The smallest absolute Gasteiger partial charge is 0.338 e. The van der Waals surface area contributed by atoms with Gasteiger partial charge < -0.3 is 44.8 Å². The number of hydrogen-bond donors (Lipinski definition) is 6. The molecule has 15 atom stereocenters. The summed E-state index contributed by atoms with van der Waals surface area (Å²) in [6, 6.07) is 8.97. The lowest BCUT2D eigenvalue weighted by Crippen LogP contribution is -2.68. The number of benzene rings is 1. The molecule has 300 valence electrons. The maximum Gasteiger partial charge on any atom is 0.338 e. The van der Waals surface area contributed by atoms with E-state index in [4.69, 9.17) is 14.2 Å². The van der Waals surface area contributed by atoms with E-state index in [0.29, 0.717) is 31.2 Å². The number of carbonyl (C=O) groups is 2. The molecule has 6 aliphatic rings. The van der Waals surface area contributed by atoms with E-state index < -0.39 is 71.2 Å². The van der Waals surface area contributed by atoms with Gasteiger partial charge in [-0.05, 0) is 103 Å². The third-order valence-electron chi connectivity index (χ3n) is 16.6. The standard InChI is InChI=1S/C43H62O11/c1-38(2)19-25-24-13-14-27-40(5)17-16-29(53-37-33(48)31(46)32(47)34(54-37)35(49)50)39(3,4)26(40)15-18-41(27,6)42(24,7)20-28(45)43(25,22-44)21-30(38)52-36(51)23-11-9-8-10-12-23/h8-13,25-34,37,44-48H,14-22H2,1-7H3,(H,49,50)/t25-,26-,27+,28-,29-,30+,31+,32+,33+,34-,37-,40-,41+,42+,43+/m0/s1. The molecule has 5 aliphatic carbocycles. The Kier molecular flexibility index (Phi) is 9.85.